The summed E-state index contributed by atoms with van der Waals surface area (Å²) in [6, 6.07) is 11.2. The summed E-state index contributed by atoms with van der Waals surface area (Å²) in [7, 11) is 0. The molecular formula is C18H22N4O2S. The van der Waals surface area contributed by atoms with Gasteiger partial charge in [-0.15, -0.1) is 11.3 Å². The first-order valence-electron chi connectivity index (χ1n) is 8.41. The molecule has 1 aromatic carbocycles. The minimum absolute atomic E-state index is 0.199. The van der Waals surface area contributed by atoms with Crippen molar-refractivity contribution in [2.24, 2.45) is 5.73 Å². The maximum absolute atomic E-state index is 12.6. The normalized spacial score (nSPS) is 17.0. The molecule has 3 rings (SSSR count). The van der Waals surface area contributed by atoms with Crippen LogP contribution in [-0.4, -0.2) is 31.1 Å². The molecule has 0 spiro atoms. The number of carbonyl (C=O) groups is 2. The molecule has 1 aromatic heterocycles. The molecule has 0 aliphatic carbocycles. The third-order valence-corrected chi connectivity index (χ3v) is 5.29. The van der Waals surface area contributed by atoms with E-state index in [2.05, 4.69) is 16.0 Å². The number of primary amides is 1. The number of anilines is 1. The van der Waals surface area contributed by atoms with Crippen molar-refractivity contribution in [3.63, 3.8) is 0 Å². The van der Waals surface area contributed by atoms with Gasteiger partial charge in [0.25, 0.3) is 5.91 Å². The summed E-state index contributed by atoms with van der Waals surface area (Å²) in [6.07, 6.45) is 3.42. The molecule has 0 saturated carbocycles. The Kier molecular flexibility index (Phi) is 5.67. The van der Waals surface area contributed by atoms with E-state index in [0.29, 0.717) is 23.2 Å². The zero-order valence-electron chi connectivity index (χ0n) is 13.9. The number of carbonyl (C=O) groups excluding carboxylic acids is 2. The lowest BCUT2D eigenvalue weighted by Crippen LogP contribution is -2.43. The van der Waals surface area contributed by atoms with E-state index in [1.807, 2.05) is 30.3 Å². The zero-order valence-corrected chi connectivity index (χ0v) is 14.7. The number of rotatable bonds is 5. The monoisotopic (exact) mass is 358 g/mol. The average Bonchev–Trinajstić information content (AvgIpc) is 3.04. The topological polar surface area (TPSA) is 96.2 Å². The van der Waals surface area contributed by atoms with E-state index in [-0.39, 0.29) is 5.91 Å². The molecule has 1 aliphatic heterocycles. The first-order valence-corrected chi connectivity index (χ1v) is 9.22. The van der Waals surface area contributed by atoms with Crippen LogP contribution in [0.3, 0.4) is 0 Å². The van der Waals surface area contributed by atoms with Gasteiger partial charge in [-0.2, -0.15) is 0 Å². The largest absolute Gasteiger partial charge is 0.351 e. The van der Waals surface area contributed by atoms with Gasteiger partial charge in [-0.3, -0.25) is 10.1 Å². The Labute approximate surface area is 150 Å². The number of thiophene rings is 1. The predicted octanol–water partition coefficient (Wildman–Crippen LogP) is 2.78. The molecule has 2 aromatic rings. The van der Waals surface area contributed by atoms with Gasteiger partial charge in [0.05, 0.1) is 5.56 Å². The van der Waals surface area contributed by atoms with E-state index >= 15 is 0 Å². The lowest BCUT2D eigenvalue weighted by Gasteiger charge is -2.23. The van der Waals surface area contributed by atoms with Gasteiger partial charge in [0.1, 0.15) is 5.00 Å². The van der Waals surface area contributed by atoms with Crippen LogP contribution in [0.4, 0.5) is 9.80 Å². The van der Waals surface area contributed by atoms with Gasteiger partial charge in [0.15, 0.2) is 0 Å². The van der Waals surface area contributed by atoms with Crippen LogP contribution in [0.2, 0.25) is 0 Å². The van der Waals surface area contributed by atoms with Crippen molar-refractivity contribution in [1.82, 2.24) is 10.6 Å². The molecule has 5 N–H and O–H groups in total. The number of nitrogens with two attached hydrogens (primary N) is 1. The highest BCUT2D eigenvalue weighted by Crippen LogP contribution is 2.35. The molecule has 7 heteroatoms. The van der Waals surface area contributed by atoms with Crippen molar-refractivity contribution >= 4 is 28.3 Å². The van der Waals surface area contributed by atoms with Gasteiger partial charge in [-0.25, -0.2) is 4.79 Å². The van der Waals surface area contributed by atoms with Crippen LogP contribution >= 0.6 is 11.3 Å². The third-order valence-electron chi connectivity index (χ3n) is 4.19. The first kappa shape index (κ1) is 17.4. The fourth-order valence-electron chi connectivity index (χ4n) is 2.92. The highest BCUT2D eigenvalue weighted by Gasteiger charge is 2.20. The van der Waals surface area contributed by atoms with Crippen LogP contribution in [0, 0.1) is 0 Å². The zero-order chi connectivity index (χ0) is 17.6. The molecule has 0 radical (unpaired) electrons. The van der Waals surface area contributed by atoms with E-state index in [1.54, 1.807) is 6.07 Å². The number of amides is 3. The molecule has 1 unspecified atom stereocenters. The molecule has 6 nitrogen and oxygen atoms in total. The van der Waals surface area contributed by atoms with Crippen LogP contribution < -0.4 is 21.7 Å². The maximum atomic E-state index is 12.6. The fraction of sp³-hybridized carbons (Fsp3) is 0.333. The molecule has 25 heavy (non-hydrogen) atoms. The first-order chi connectivity index (χ1) is 12.1. The molecule has 2 heterocycles. The van der Waals surface area contributed by atoms with Crippen LogP contribution in [0.5, 0.6) is 0 Å². The van der Waals surface area contributed by atoms with Gasteiger partial charge in [0, 0.05) is 17.5 Å². The van der Waals surface area contributed by atoms with Crippen LogP contribution in [-0.2, 0) is 0 Å². The summed E-state index contributed by atoms with van der Waals surface area (Å²) >= 11 is 1.34. The summed E-state index contributed by atoms with van der Waals surface area (Å²) in [4.78, 5) is 24.8. The van der Waals surface area contributed by atoms with Crippen molar-refractivity contribution in [3.05, 3.63) is 42.0 Å². The van der Waals surface area contributed by atoms with Crippen LogP contribution in [0.25, 0.3) is 10.4 Å². The fourth-order valence-corrected chi connectivity index (χ4v) is 3.98. The van der Waals surface area contributed by atoms with E-state index in [0.717, 1.165) is 23.4 Å². The molecule has 0 bridgehead atoms. The van der Waals surface area contributed by atoms with Crippen LogP contribution in [0.1, 0.15) is 29.6 Å². The molecule has 1 aliphatic rings. The van der Waals surface area contributed by atoms with E-state index in [1.165, 1.54) is 24.2 Å². The Morgan fingerprint density at radius 2 is 2.04 bits per heavy atom. The van der Waals surface area contributed by atoms with Crippen molar-refractivity contribution < 1.29 is 9.59 Å². The quantitative estimate of drug-likeness (QED) is 0.662. The number of nitrogens with one attached hydrogen (secondary N) is 3. The van der Waals surface area contributed by atoms with Gasteiger partial charge in [-0.05, 0) is 31.0 Å². The molecule has 3 amide bonds. The summed E-state index contributed by atoms with van der Waals surface area (Å²) in [5.41, 5.74) is 6.68. The van der Waals surface area contributed by atoms with E-state index in [4.69, 9.17) is 5.73 Å². The second-order valence-corrected chi connectivity index (χ2v) is 7.12. The van der Waals surface area contributed by atoms with Crippen LogP contribution in [0.15, 0.2) is 36.4 Å². The lowest BCUT2D eigenvalue weighted by atomic mass is 10.1. The summed E-state index contributed by atoms with van der Waals surface area (Å²) in [6.45, 7) is 1.57. The van der Waals surface area contributed by atoms with E-state index < -0.39 is 6.03 Å². The van der Waals surface area contributed by atoms with E-state index in [9.17, 15) is 9.59 Å². The Morgan fingerprint density at radius 3 is 2.72 bits per heavy atom. The van der Waals surface area contributed by atoms with Gasteiger partial charge in [-0.1, -0.05) is 36.8 Å². The second kappa shape index (κ2) is 8.13. The third kappa shape index (κ3) is 4.58. The minimum atomic E-state index is -0.676. The molecule has 1 atom stereocenters. The smallest absolute Gasteiger partial charge is 0.317 e. The van der Waals surface area contributed by atoms with Gasteiger partial charge < -0.3 is 16.4 Å². The Hall–Kier alpha value is -2.38. The minimum Gasteiger partial charge on any atom is -0.351 e. The highest BCUT2D eigenvalue weighted by atomic mass is 32.1. The number of hydrogen-bond donors (Lipinski definition) is 4. The number of piperidine rings is 1. The highest BCUT2D eigenvalue weighted by molar-refractivity contribution is 7.20. The molecule has 1 saturated heterocycles. The Balaban J connectivity index is 1.76. The van der Waals surface area contributed by atoms with Gasteiger partial charge in [0.2, 0.25) is 0 Å². The summed E-state index contributed by atoms with van der Waals surface area (Å²) in [5.74, 6) is -0.199. The Morgan fingerprint density at radius 1 is 1.24 bits per heavy atom. The molecule has 1 fully saturated rings. The maximum Gasteiger partial charge on any atom is 0.317 e. The van der Waals surface area contributed by atoms with Crippen molar-refractivity contribution in [2.75, 3.05) is 18.4 Å². The average molecular weight is 358 g/mol. The number of benzene rings is 1. The lowest BCUT2D eigenvalue weighted by molar-refractivity contribution is 0.0949. The summed E-state index contributed by atoms with van der Waals surface area (Å²) in [5, 5.41) is 9.40. The predicted molar refractivity (Wildman–Crippen MR) is 101 cm³/mol. The van der Waals surface area contributed by atoms with Crippen molar-refractivity contribution in [3.8, 4) is 10.4 Å². The standard InChI is InChI=1S/C18H22N4O2S/c19-18(24)22-17-14(10-15(25-17)12-6-2-1-3-7-12)16(23)21-11-13-8-4-5-9-20-13/h1-3,6-7,10,13,20H,4-5,8-9,11H2,(H,21,23)(H3,19,22,24). The number of hydrogen-bond acceptors (Lipinski definition) is 4. The summed E-state index contributed by atoms with van der Waals surface area (Å²) < 4.78 is 0. The SMILES string of the molecule is NC(=O)Nc1sc(-c2ccccc2)cc1C(=O)NCC1CCCCN1. The Bertz CT molecular complexity index is 739. The molecular weight excluding hydrogens is 336 g/mol. The number of urea groups is 1. The van der Waals surface area contributed by atoms with Gasteiger partial charge >= 0.3 is 6.03 Å². The molecule has 132 valence electrons. The van der Waals surface area contributed by atoms with Crippen molar-refractivity contribution in [1.29, 1.82) is 0 Å². The van der Waals surface area contributed by atoms with Crippen molar-refractivity contribution in [2.45, 2.75) is 25.3 Å². The second-order valence-electron chi connectivity index (χ2n) is 6.07.